The summed E-state index contributed by atoms with van der Waals surface area (Å²) in [5.41, 5.74) is 1.23. The third kappa shape index (κ3) is 4.11. The summed E-state index contributed by atoms with van der Waals surface area (Å²) in [6.07, 6.45) is 3.71. The van der Waals surface area contributed by atoms with E-state index in [0.717, 1.165) is 41.6 Å². The lowest BCUT2D eigenvalue weighted by atomic mass is 10.2. The molecule has 0 saturated heterocycles. The Balaban J connectivity index is 1.24. The minimum absolute atomic E-state index is 0.0329. The SMILES string of the molecule is CCCn1c(SCC(=O)NC[C@H]2COc3ccccc3O2)nc2sc3c(c2c1=O)CCC3. The Morgan fingerprint density at radius 2 is 2.16 bits per heavy atom. The number of thioether (sulfide) groups is 1. The van der Waals surface area contributed by atoms with Crippen molar-refractivity contribution in [2.75, 3.05) is 18.9 Å². The van der Waals surface area contributed by atoms with Gasteiger partial charge in [0.2, 0.25) is 5.91 Å². The number of carbonyl (C=O) groups is 1. The van der Waals surface area contributed by atoms with Gasteiger partial charge in [0.15, 0.2) is 16.7 Å². The van der Waals surface area contributed by atoms with E-state index < -0.39 is 0 Å². The van der Waals surface area contributed by atoms with Crippen molar-refractivity contribution < 1.29 is 14.3 Å². The zero-order valence-electron chi connectivity index (χ0n) is 17.9. The highest BCUT2D eigenvalue weighted by Gasteiger charge is 2.24. The van der Waals surface area contributed by atoms with E-state index in [4.69, 9.17) is 14.5 Å². The van der Waals surface area contributed by atoms with Crippen molar-refractivity contribution in [3.05, 3.63) is 45.1 Å². The normalized spacial score (nSPS) is 16.8. The third-order valence-electron chi connectivity index (χ3n) is 5.66. The van der Waals surface area contributed by atoms with Gasteiger partial charge in [-0.1, -0.05) is 30.8 Å². The topological polar surface area (TPSA) is 82.5 Å². The van der Waals surface area contributed by atoms with Gasteiger partial charge in [-0.3, -0.25) is 14.2 Å². The number of nitrogens with zero attached hydrogens (tertiary/aromatic N) is 2. The molecule has 168 valence electrons. The monoisotopic (exact) mass is 471 g/mol. The first-order chi connectivity index (χ1) is 15.6. The number of rotatable bonds is 7. The Labute approximate surface area is 194 Å². The summed E-state index contributed by atoms with van der Waals surface area (Å²) in [4.78, 5) is 32.6. The summed E-state index contributed by atoms with van der Waals surface area (Å²) < 4.78 is 13.3. The van der Waals surface area contributed by atoms with Crippen LogP contribution in [-0.4, -0.2) is 40.5 Å². The maximum absolute atomic E-state index is 13.2. The Bertz CT molecular complexity index is 1220. The number of para-hydroxylation sites is 2. The molecule has 0 bridgehead atoms. The van der Waals surface area contributed by atoms with E-state index in [2.05, 4.69) is 5.32 Å². The van der Waals surface area contributed by atoms with Crippen molar-refractivity contribution in [1.29, 1.82) is 0 Å². The molecule has 2 aromatic heterocycles. The van der Waals surface area contributed by atoms with E-state index in [0.29, 0.717) is 30.6 Å². The summed E-state index contributed by atoms with van der Waals surface area (Å²) in [7, 11) is 0. The first-order valence-electron chi connectivity index (χ1n) is 11.0. The second-order valence-electron chi connectivity index (χ2n) is 7.98. The van der Waals surface area contributed by atoms with Crippen molar-refractivity contribution in [2.45, 2.75) is 50.4 Å². The van der Waals surface area contributed by atoms with Crippen LogP contribution in [0, 0.1) is 0 Å². The maximum Gasteiger partial charge on any atom is 0.263 e. The zero-order valence-corrected chi connectivity index (χ0v) is 19.5. The molecule has 2 aliphatic rings. The number of aryl methyl sites for hydroxylation is 2. The van der Waals surface area contributed by atoms with E-state index in [1.54, 1.807) is 15.9 Å². The molecular formula is C23H25N3O4S2. The largest absolute Gasteiger partial charge is 0.486 e. The quantitative estimate of drug-likeness (QED) is 0.420. The second kappa shape index (κ2) is 9.15. The molecule has 1 aliphatic carbocycles. The van der Waals surface area contributed by atoms with Gasteiger partial charge in [0.05, 0.1) is 17.7 Å². The highest BCUT2D eigenvalue weighted by Crippen LogP contribution is 2.35. The van der Waals surface area contributed by atoms with Gasteiger partial charge in [-0.05, 0) is 43.4 Å². The smallest absolute Gasteiger partial charge is 0.263 e. The highest BCUT2D eigenvalue weighted by atomic mass is 32.2. The van der Waals surface area contributed by atoms with Gasteiger partial charge >= 0.3 is 0 Å². The number of aromatic nitrogens is 2. The highest BCUT2D eigenvalue weighted by molar-refractivity contribution is 7.99. The fourth-order valence-corrected chi connectivity index (χ4v) is 6.32. The number of hydrogen-bond donors (Lipinski definition) is 1. The van der Waals surface area contributed by atoms with E-state index >= 15 is 0 Å². The van der Waals surface area contributed by atoms with Crippen molar-refractivity contribution in [3.63, 3.8) is 0 Å². The summed E-state index contributed by atoms with van der Waals surface area (Å²) in [5, 5.41) is 4.32. The average Bonchev–Trinajstić information content (AvgIpc) is 3.39. The molecule has 1 atom stereocenters. The standard InChI is InChI=1S/C23H25N3O4S2/c1-2-10-26-22(28)20-15-6-5-9-18(15)32-21(20)25-23(26)31-13-19(27)24-11-14-12-29-16-7-3-4-8-17(16)30-14/h3-4,7-8,14H,2,5-6,9-13H2,1H3,(H,24,27)/t14-/m0/s1. The Kier molecular flexibility index (Phi) is 6.10. The minimum atomic E-state index is -0.236. The van der Waals surface area contributed by atoms with Gasteiger partial charge in [0.25, 0.3) is 5.56 Å². The summed E-state index contributed by atoms with van der Waals surface area (Å²) in [5.74, 6) is 1.48. The second-order valence-corrected chi connectivity index (χ2v) is 10.0. The van der Waals surface area contributed by atoms with Crippen LogP contribution >= 0.6 is 23.1 Å². The predicted molar refractivity (Wildman–Crippen MR) is 126 cm³/mol. The van der Waals surface area contributed by atoms with Gasteiger partial charge in [-0.15, -0.1) is 11.3 Å². The molecule has 0 saturated carbocycles. The lowest BCUT2D eigenvalue weighted by Crippen LogP contribution is -2.41. The molecule has 0 fully saturated rings. The molecule has 1 aliphatic heterocycles. The molecule has 32 heavy (non-hydrogen) atoms. The third-order valence-corrected chi connectivity index (χ3v) is 7.83. The Morgan fingerprint density at radius 3 is 3.00 bits per heavy atom. The van der Waals surface area contributed by atoms with Crippen LogP contribution in [0.25, 0.3) is 10.2 Å². The molecule has 3 aromatic rings. The number of thiophene rings is 1. The van der Waals surface area contributed by atoms with E-state index in [-0.39, 0.29) is 23.3 Å². The van der Waals surface area contributed by atoms with Crippen LogP contribution < -0.4 is 20.3 Å². The summed E-state index contributed by atoms with van der Waals surface area (Å²) in [6.45, 7) is 3.39. The number of fused-ring (bicyclic) bond motifs is 4. The molecule has 0 spiro atoms. The molecule has 7 nitrogen and oxygen atoms in total. The van der Waals surface area contributed by atoms with Crippen LogP contribution in [0.2, 0.25) is 0 Å². The Hall–Kier alpha value is -2.52. The van der Waals surface area contributed by atoms with Gasteiger partial charge in [0.1, 0.15) is 17.5 Å². The lowest BCUT2D eigenvalue weighted by Gasteiger charge is -2.26. The van der Waals surface area contributed by atoms with E-state index in [1.165, 1.54) is 22.2 Å². The molecule has 0 radical (unpaired) electrons. The summed E-state index contributed by atoms with van der Waals surface area (Å²) >= 11 is 2.94. The number of carbonyl (C=O) groups excluding carboxylic acids is 1. The van der Waals surface area contributed by atoms with Gasteiger partial charge in [-0.25, -0.2) is 4.98 Å². The lowest BCUT2D eigenvalue weighted by molar-refractivity contribution is -0.119. The zero-order chi connectivity index (χ0) is 22.1. The van der Waals surface area contributed by atoms with Crippen LogP contribution in [0.4, 0.5) is 0 Å². The number of benzene rings is 1. The number of ether oxygens (including phenoxy) is 2. The first-order valence-corrected chi connectivity index (χ1v) is 12.8. The summed E-state index contributed by atoms with van der Waals surface area (Å²) in [6, 6.07) is 7.51. The van der Waals surface area contributed by atoms with Crippen LogP contribution in [0.5, 0.6) is 11.5 Å². The van der Waals surface area contributed by atoms with Crippen molar-refractivity contribution in [3.8, 4) is 11.5 Å². The molecule has 1 aromatic carbocycles. The molecule has 5 rings (SSSR count). The minimum Gasteiger partial charge on any atom is -0.486 e. The fraction of sp³-hybridized carbons (Fsp3) is 0.435. The van der Waals surface area contributed by atoms with Crippen molar-refractivity contribution >= 4 is 39.2 Å². The van der Waals surface area contributed by atoms with E-state index in [1.807, 2.05) is 31.2 Å². The molecule has 0 unspecified atom stereocenters. The maximum atomic E-state index is 13.2. The molecule has 1 amide bonds. The van der Waals surface area contributed by atoms with Gasteiger partial charge in [0, 0.05) is 11.4 Å². The Morgan fingerprint density at radius 1 is 1.31 bits per heavy atom. The van der Waals surface area contributed by atoms with Crippen molar-refractivity contribution in [2.24, 2.45) is 0 Å². The van der Waals surface area contributed by atoms with Crippen LogP contribution in [-0.2, 0) is 24.2 Å². The van der Waals surface area contributed by atoms with Crippen LogP contribution in [0.1, 0.15) is 30.2 Å². The fourth-order valence-electron chi connectivity index (χ4n) is 4.16. The molecule has 1 N–H and O–H groups in total. The van der Waals surface area contributed by atoms with E-state index in [9.17, 15) is 9.59 Å². The van der Waals surface area contributed by atoms with Gasteiger partial charge in [-0.2, -0.15) is 0 Å². The number of amides is 1. The molecule has 3 heterocycles. The van der Waals surface area contributed by atoms with Gasteiger partial charge < -0.3 is 14.8 Å². The number of hydrogen-bond acceptors (Lipinski definition) is 7. The molecular weight excluding hydrogens is 446 g/mol. The van der Waals surface area contributed by atoms with Crippen molar-refractivity contribution in [1.82, 2.24) is 14.9 Å². The first kappa shape index (κ1) is 21.3. The molecule has 9 heteroatoms. The predicted octanol–water partition coefficient (Wildman–Crippen LogP) is 3.41. The van der Waals surface area contributed by atoms with Crippen LogP contribution in [0.15, 0.2) is 34.2 Å². The number of nitrogens with one attached hydrogen (secondary N) is 1. The average molecular weight is 472 g/mol. The van der Waals surface area contributed by atoms with Crippen LogP contribution in [0.3, 0.4) is 0 Å².